The van der Waals surface area contributed by atoms with Crippen molar-refractivity contribution in [3.8, 4) is 0 Å². The first kappa shape index (κ1) is 11.5. The molecule has 2 unspecified atom stereocenters. The molecule has 0 aromatic rings. The smallest absolute Gasteiger partial charge is 0.225 e. The lowest BCUT2D eigenvalue weighted by Crippen LogP contribution is -2.40. The molecule has 0 aromatic heterocycles. The van der Waals surface area contributed by atoms with E-state index in [0.29, 0.717) is 5.91 Å². The number of rotatable bonds is 4. The van der Waals surface area contributed by atoms with Gasteiger partial charge in [0.1, 0.15) is 0 Å². The van der Waals surface area contributed by atoms with E-state index in [2.05, 4.69) is 0 Å². The van der Waals surface area contributed by atoms with Crippen molar-refractivity contribution >= 4 is 5.91 Å². The number of piperidine rings is 1. The van der Waals surface area contributed by atoms with Gasteiger partial charge in [-0.15, -0.1) is 0 Å². The Morgan fingerprint density at radius 3 is 3.00 bits per heavy atom. The molecule has 14 heavy (non-hydrogen) atoms. The summed E-state index contributed by atoms with van der Waals surface area (Å²) in [5.41, 5.74) is 5.67. The predicted molar refractivity (Wildman–Crippen MR) is 57.9 cm³/mol. The Bertz CT molecular complexity index is 192. The monoisotopic (exact) mass is 198 g/mol. The maximum absolute atomic E-state index is 11.7. The highest BCUT2D eigenvalue weighted by atomic mass is 16.2. The molecule has 0 aliphatic carbocycles. The van der Waals surface area contributed by atoms with Crippen LogP contribution in [0, 0.1) is 5.92 Å². The van der Waals surface area contributed by atoms with Crippen molar-refractivity contribution in [2.45, 2.75) is 45.6 Å². The van der Waals surface area contributed by atoms with E-state index in [1.165, 1.54) is 0 Å². The van der Waals surface area contributed by atoms with Gasteiger partial charge in [0.05, 0.1) is 0 Å². The maximum Gasteiger partial charge on any atom is 0.225 e. The first-order valence-electron chi connectivity index (χ1n) is 5.65. The summed E-state index contributed by atoms with van der Waals surface area (Å²) in [5, 5.41) is 0. The number of nitrogens with two attached hydrogens (primary N) is 1. The second-order valence-electron chi connectivity index (χ2n) is 4.49. The minimum Gasteiger partial charge on any atom is -0.342 e. The molecule has 1 saturated heterocycles. The van der Waals surface area contributed by atoms with Crippen LogP contribution < -0.4 is 5.73 Å². The third-order valence-corrected chi connectivity index (χ3v) is 2.89. The van der Waals surface area contributed by atoms with Gasteiger partial charge in [0, 0.05) is 25.0 Å². The molecule has 2 N–H and O–H groups in total. The van der Waals surface area contributed by atoms with E-state index in [9.17, 15) is 4.79 Å². The van der Waals surface area contributed by atoms with E-state index < -0.39 is 0 Å². The average molecular weight is 198 g/mol. The number of carbonyl (C=O) groups excluding carboxylic acids is 1. The predicted octanol–water partition coefficient (Wildman–Crippen LogP) is 1.37. The molecule has 0 bridgehead atoms. The first-order valence-corrected chi connectivity index (χ1v) is 5.65. The number of amides is 1. The molecule has 1 aliphatic heterocycles. The molecule has 82 valence electrons. The Morgan fingerprint density at radius 1 is 1.64 bits per heavy atom. The van der Waals surface area contributed by atoms with Crippen molar-refractivity contribution in [2.24, 2.45) is 11.7 Å². The van der Waals surface area contributed by atoms with E-state index in [-0.39, 0.29) is 12.0 Å². The van der Waals surface area contributed by atoms with E-state index in [1.54, 1.807) is 0 Å². The summed E-state index contributed by atoms with van der Waals surface area (Å²) in [5.74, 6) is 0.569. The zero-order valence-electron chi connectivity index (χ0n) is 9.33. The normalized spacial score (nSPS) is 25.2. The summed E-state index contributed by atoms with van der Waals surface area (Å²) in [6.45, 7) is 5.88. The SMILES string of the molecule is CC(N)CCCN1CCCC(C)C1=O. The summed E-state index contributed by atoms with van der Waals surface area (Å²) >= 11 is 0. The Labute approximate surface area is 86.6 Å². The topological polar surface area (TPSA) is 46.3 Å². The number of nitrogens with zero attached hydrogens (tertiary/aromatic N) is 1. The molecule has 1 fully saturated rings. The number of carbonyl (C=O) groups is 1. The second kappa shape index (κ2) is 5.35. The highest BCUT2D eigenvalue weighted by Gasteiger charge is 2.24. The molecule has 0 saturated carbocycles. The van der Waals surface area contributed by atoms with E-state index in [0.717, 1.165) is 38.8 Å². The Kier molecular flexibility index (Phi) is 4.39. The lowest BCUT2D eigenvalue weighted by Gasteiger charge is -2.30. The van der Waals surface area contributed by atoms with Crippen molar-refractivity contribution in [2.75, 3.05) is 13.1 Å². The molecule has 3 heteroatoms. The van der Waals surface area contributed by atoms with Crippen molar-refractivity contribution in [1.29, 1.82) is 0 Å². The fraction of sp³-hybridized carbons (Fsp3) is 0.909. The second-order valence-corrected chi connectivity index (χ2v) is 4.49. The van der Waals surface area contributed by atoms with Gasteiger partial charge in [-0.05, 0) is 32.6 Å². The standard InChI is InChI=1S/C11H22N2O/c1-9-5-3-7-13(11(9)14)8-4-6-10(2)12/h9-10H,3-8,12H2,1-2H3. The zero-order chi connectivity index (χ0) is 10.6. The molecule has 0 radical (unpaired) electrons. The summed E-state index contributed by atoms with van der Waals surface area (Å²) in [6, 6.07) is 0.257. The highest BCUT2D eigenvalue weighted by Crippen LogP contribution is 2.17. The van der Waals surface area contributed by atoms with Gasteiger partial charge >= 0.3 is 0 Å². The molecule has 2 atom stereocenters. The number of likely N-dealkylation sites (tertiary alicyclic amines) is 1. The quantitative estimate of drug-likeness (QED) is 0.741. The van der Waals surface area contributed by atoms with Crippen LogP contribution in [0.15, 0.2) is 0 Å². The zero-order valence-corrected chi connectivity index (χ0v) is 9.33. The summed E-state index contributed by atoms with van der Waals surface area (Å²) in [6.07, 6.45) is 4.27. The summed E-state index contributed by atoms with van der Waals surface area (Å²) in [4.78, 5) is 13.7. The Hall–Kier alpha value is -0.570. The van der Waals surface area contributed by atoms with Gasteiger partial charge in [-0.3, -0.25) is 4.79 Å². The molecule has 3 nitrogen and oxygen atoms in total. The fourth-order valence-electron chi connectivity index (χ4n) is 1.96. The van der Waals surface area contributed by atoms with Gasteiger partial charge in [0.15, 0.2) is 0 Å². The van der Waals surface area contributed by atoms with Gasteiger partial charge in [0.25, 0.3) is 0 Å². The first-order chi connectivity index (χ1) is 6.61. The minimum absolute atomic E-state index is 0.235. The molecule has 1 amide bonds. The van der Waals surface area contributed by atoms with Gasteiger partial charge in [0.2, 0.25) is 5.91 Å². The molecule has 1 aliphatic rings. The van der Waals surface area contributed by atoms with Crippen LogP contribution >= 0.6 is 0 Å². The van der Waals surface area contributed by atoms with Crippen LogP contribution in [0.25, 0.3) is 0 Å². The maximum atomic E-state index is 11.7. The Morgan fingerprint density at radius 2 is 2.36 bits per heavy atom. The lowest BCUT2D eigenvalue weighted by atomic mass is 9.99. The van der Waals surface area contributed by atoms with Crippen LogP contribution in [0.1, 0.15) is 39.5 Å². The Balaban J connectivity index is 2.25. The van der Waals surface area contributed by atoms with Crippen LogP contribution in [-0.2, 0) is 4.79 Å². The van der Waals surface area contributed by atoms with Gasteiger partial charge < -0.3 is 10.6 Å². The molecule has 1 heterocycles. The number of hydrogen-bond acceptors (Lipinski definition) is 2. The summed E-state index contributed by atoms with van der Waals surface area (Å²) in [7, 11) is 0. The van der Waals surface area contributed by atoms with Gasteiger partial charge in [-0.25, -0.2) is 0 Å². The van der Waals surface area contributed by atoms with Gasteiger partial charge in [-0.2, -0.15) is 0 Å². The fourth-order valence-corrected chi connectivity index (χ4v) is 1.96. The molecular formula is C11H22N2O. The third-order valence-electron chi connectivity index (χ3n) is 2.89. The summed E-state index contributed by atoms with van der Waals surface area (Å²) < 4.78 is 0. The van der Waals surface area contributed by atoms with E-state index in [1.807, 2.05) is 18.7 Å². The van der Waals surface area contributed by atoms with Gasteiger partial charge in [-0.1, -0.05) is 6.92 Å². The van der Waals surface area contributed by atoms with Crippen molar-refractivity contribution in [3.05, 3.63) is 0 Å². The van der Waals surface area contributed by atoms with Crippen LogP contribution in [0.2, 0.25) is 0 Å². The van der Waals surface area contributed by atoms with Crippen molar-refractivity contribution < 1.29 is 4.79 Å². The largest absolute Gasteiger partial charge is 0.342 e. The lowest BCUT2D eigenvalue weighted by molar-refractivity contribution is -0.137. The number of hydrogen-bond donors (Lipinski definition) is 1. The van der Waals surface area contributed by atoms with Crippen LogP contribution in [0.4, 0.5) is 0 Å². The molecule has 0 aromatic carbocycles. The third kappa shape index (κ3) is 3.29. The minimum atomic E-state index is 0.235. The molecular weight excluding hydrogens is 176 g/mol. The van der Waals surface area contributed by atoms with Crippen molar-refractivity contribution in [1.82, 2.24) is 4.90 Å². The van der Waals surface area contributed by atoms with E-state index in [4.69, 9.17) is 5.73 Å². The molecule has 0 spiro atoms. The average Bonchev–Trinajstić information content (AvgIpc) is 2.12. The molecule has 1 rings (SSSR count). The van der Waals surface area contributed by atoms with Crippen molar-refractivity contribution in [3.63, 3.8) is 0 Å². The highest BCUT2D eigenvalue weighted by molar-refractivity contribution is 5.79. The van der Waals surface area contributed by atoms with Crippen LogP contribution in [-0.4, -0.2) is 29.9 Å². The van der Waals surface area contributed by atoms with Crippen LogP contribution in [0.5, 0.6) is 0 Å². The van der Waals surface area contributed by atoms with E-state index >= 15 is 0 Å². The van der Waals surface area contributed by atoms with Crippen LogP contribution in [0.3, 0.4) is 0 Å².